The van der Waals surface area contributed by atoms with Gasteiger partial charge in [0.2, 0.25) is 5.91 Å². The Morgan fingerprint density at radius 2 is 2.08 bits per heavy atom. The van der Waals surface area contributed by atoms with Crippen LogP contribution in [0.25, 0.3) is 5.65 Å². The van der Waals surface area contributed by atoms with Crippen LogP contribution in [0.2, 0.25) is 0 Å². The summed E-state index contributed by atoms with van der Waals surface area (Å²) < 4.78 is 28.1. The summed E-state index contributed by atoms with van der Waals surface area (Å²) in [7, 11) is 0. The van der Waals surface area contributed by atoms with Crippen LogP contribution in [0, 0.1) is 11.6 Å². The van der Waals surface area contributed by atoms with Gasteiger partial charge in [-0.25, -0.2) is 8.78 Å². The molecular formula is C16H14F2N4OS. The van der Waals surface area contributed by atoms with Gasteiger partial charge in [-0.1, -0.05) is 6.07 Å². The first kappa shape index (κ1) is 16.4. The first-order chi connectivity index (χ1) is 11.6. The molecule has 2 heterocycles. The Morgan fingerprint density at radius 3 is 2.92 bits per heavy atom. The number of carbonyl (C=O) groups is 1. The molecule has 0 unspecified atom stereocenters. The van der Waals surface area contributed by atoms with Gasteiger partial charge in [-0.2, -0.15) is 0 Å². The van der Waals surface area contributed by atoms with E-state index in [0.29, 0.717) is 13.0 Å². The highest BCUT2D eigenvalue weighted by atomic mass is 32.2. The lowest BCUT2D eigenvalue weighted by Crippen LogP contribution is -2.27. The number of hydrogen-bond donors (Lipinski definition) is 1. The summed E-state index contributed by atoms with van der Waals surface area (Å²) in [5, 5.41) is 10.9. The maximum Gasteiger partial charge on any atom is 0.230 e. The van der Waals surface area contributed by atoms with Gasteiger partial charge >= 0.3 is 0 Å². The van der Waals surface area contributed by atoms with Crippen molar-refractivity contribution >= 4 is 23.3 Å². The number of hydrogen-bond acceptors (Lipinski definition) is 4. The van der Waals surface area contributed by atoms with E-state index in [1.165, 1.54) is 12.1 Å². The zero-order chi connectivity index (χ0) is 16.9. The molecule has 0 fully saturated rings. The molecule has 0 spiro atoms. The average molecular weight is 348 g/mol. The van der Waals surface area contributed by atoms with E-state index in [4.69, 9.17) is 0 Å². The Kier molecular flexibility index (Phi) is 5.05. The zero-order valence-corrected chi connectivity index (χ0v) is 13.4. The van der Waals surface area contributed by atoms with E-state index in [2.05, 4.69) is 15.5 Å². The highest BCUT2D eigenvalue weighted by Gasteiger charge is 2.09. The van der Waals surface area contributed by atoms with Gasteiger partial charge < -0.3 is 5.32 Å². The molecule has 0 aliphatic heterocycles. The van der Waals surface area contributed by atoms with Gasteiger partial charge in [0, 0.05) is 30.1 Å². The molecule has 24 heavy (non-hydrogen) atoms. The van der Waals surface area contributed by atoms with Gasteiger partial charge in [0.05, 0.1) is 5.75 Å². The third kappa shape index (κ3) is 3.88. The van der Waals surface area contributed by atoms with Crippen LogP contribution in [0.4, 0.5) is 8.78 Å². The number of amides is 1. The number of nitrogens with zero attached hydrogens (tertiary/aromatic N) is 3. The Balaban J connectivity index is 1.47. The third-order valence-corrected chi connectivity index (χ3v) is 4.36. The maximum atomic E-state index is 13.5. The van der Waals surface area contributed by atoms with Crippen molar-refractivity contribution in [2.75, 3.05) is 12.3 Å². The van der Waals surface area contributed by atoms with Crippen molar-refractivity contribution in [1.29, 1.82) is 0 Å². The molecule has 2 aromatic heterocycles. The molecule has 1 aromatic carbocycles. The molecule has 1 amide bonds. The second-order valence-corrected chi connectivity index (χ2v) is 6.03. The van der Waals surface area contributed by atoms with Crippen LogP contribution in [-0.4, -0.2) is 32.8 Å². The van der Waals surface area contributed by atoms with Crippen molar-refractivity contribution in [2.24, 2.45) is 0 Å². The average Bonchev–Trinajstić information content (AvgIpc) is 2.97. The summed E-state index contributed by atoms with van der Waals surface area (Å²) in [6, 6.07) is 8.90. The first-order valence-electron chi connectivity index (χ1n) is 7.26. The summed E-state index contributed by atoms with van der Waals surface area (Å²) in [4.78, 5) is 12.1. The molecule has 0 atom stereocenters. The fraction of sp³-hybridized carbons (Fsp3) is 0.188. The number of halogens is 2. The van der Waals surface area contributed by atoms with Crippen LogP contribution in [0.15, 0.2) is 47.5 Å². The van der Waals surface area contributed by atoms with E-state index in [-0.39, 0.29) is 16.6 Å². The molecule has 3 aromatic rings. The van der Waals surface area contributed by atoms with Gasteiger partial charge in [-0.3, -0.25) is 9.20 Å². The predicted molar refractivity (Wildman–Crippen MR) is 86.8 cm³/mol. The molecule has 0 bridgehead atoms. The standard InChI is InChI=1S/C16H14F2N4OS/c17-11-4-5-13(12(18)9-11)24-10-16(23)19-7-6-15-21-20-14-3-1-2-8-22(14)15/h1-5,8-9H,6-7,10H2,(H,19,23). The monoisotopic (exact) mass is 348 g/mol. The van der Waals surface area contributed by atoms with Crippen LogP contribution in [0.5, 0.6) is 0 Å². The largest absolute Gasteiger partial charge is 0.355 e. The maximum absolute atomic E-state index is 13.5. The molecule has 5 nitrogen and oxygen atoms in total. The van der Waals surface area contributed by atoms with Crippen LogP contribution in [0.1, 0.15) is 5.82 Å². The Labute approximate surface area is 141 Å². The number of fused-ring (bicyclic) bond motifs is 1. The van der Waals surface area contributed by atoms with Gasteiger partial charge in [0.1, 0.15) is 17.5 Å². The van der Waals surface area contributed by atoms with Crippen LogP contribution in [0.3, 0.4) is 0 Å². The zero-order valence-electron chi connectivity index (χ0n) is 12.6. The van der Waals surface area contributed by atoms with Crippen molar-refractivity contribution in [3.8, 4) is 0 Å². The van der Waals surface area contributed by atoms with E-state index in [1.54, 1.807) is 0 Å². The highest BCUT2D eigenvalue weighted by Crippen LogP contribution is 2.21. The molecule has 0 aliphatic rings. The van der Waals surface area contributed by atoms with Gasteiger partial charge in [-0.05, 0) is 24.3 Å². The Morgan fingerprint density at radius 1 is 1.21 bits per heavy atom. The summed E-state index contributed by atoms with van der Waals surface area (Å²) in [6.45, 7) is 0.404. The van der Waals surface area contributed by atoms with Crippen LogP contribution in [-0.2, 0) is 11.2 Å². The first-order valence-corrected chi connectivity index (χ1v) is 8.25. The molecule has 8 heteroatoms. The van der Waals surface area contributed by atoms with E-state index >= 15 is 0 Å². The van der Waals surface area contributed by atoms with E-state index in [0.717, 1.165) is 29.3 Å². The fourth-order valence-corrected chi connectivity index (χ4v) is 2.91. The summed E-state index contributed by atoms with van der Waals surface area (Å²) in [5.74, 6) is -0.714. The number of nitrogens with one attached hydrogen (secondary N) is 1. The van der Waals surface area contributed by atoms with Crippen molar-refractivity contribution in [3.63, 3.8) is 0 Å². The molecule has 0 aliphatic carbocycles. The van der Waals surface area contributed by atoms with Crippen molar-refractivity contribution in [1.82, 2.24) is 19.9 Å². The minimum Gasteiger partial charge on any atom is -0.355 e. The smallest absolute Gasteiger partial charge is 0.230 e. The van der Waals surface area contributed by atoms with E-state index < -0.39 is 11.6 Å². The predicted octanol–water partition coefficient (Wildman–Crippen LogP) is 2.46. The molecule has 124 valence electrons. The number of aromatic nitrogens is 3. The van der Waals surface area contributed by atoms with Crippen molar-refractivity contribution in [3.05, 3.63) is 60.1 Å². The van der Waals surface area contributed by atoms with Crippen molar-refractivity contribution in [2.45, 2.75) is 11.3 Å². The number of carbonyl (C=O) groups excluding carboxylic acids is 1. The molecule has 0 radical (unpaired) electrons. The number of thioether (sulfide) groups is 1. The Hall–Kier alpha value is -2.48. The number of benzene rings is 1. The fourth-order valence-electron chi connectivity index (χ4n) is 2.16. The number of pyridine rings is 1. The number of rotatable bonds is 6. The second kappa shape index (κ2) is 7.39. The molecular weight excluding hydrogens is 334 g/mol. The Bertz CT molecular complexity index is 868. The molecule has 0 saturated heterocycles. The lowest BCUT2D eigenvalue weighted by molar-refractivity contribution is -0.118. The normalized spacial score (nSPS) is 10.9. The molecule has 0 saturated carbocycles. The quantitative estimate of drug-likeness (QED) is 0.695. The minimum absolute atomic E-state index is 0.0587. The SMILES string of the molecule is O=C(CSc1ccc(F)cc1F)NCCc1nnc2ccccn12. The van der Waals surface area contributed by atoms with Crippen LogP contribution >= 0.6 is 11.8 Å². The molecule has 3 rings (SSSR count). The van der Waals surface area contributed by atoms with E-state index in [1.807, 2.05) is 28.8 Å². The topological polar surface area (TPSA) is 59.3 Å². The lowest BCUT2D eigenvalue weighted by atomic mass is 10.3. The lowest BCUT2D eigenvalue weighted by Gasteiger charge is -2.05. The van der Waals surface area contributed by atoms with Crippen LogP contribution < -0.4 is 5.32 Å². The van der Waals surface area contributed by atoms with Gasteiger partial charge in [0.15, 0.2) is 5.65 Å². The van der Waals surface area contributed by atoms with Gasteiger partial charge in [-0.15, -0.1) is 22.0 Å². The summed E-state index contributed by atoms with van der Waals surface area (Å²) in [5.41, 5.74) is 0.751. The molecule has 1 N–H and O–H groups in total. The summed E-state index contributed by atoms with van der Waals surface area (Å²) in [6.07, 6.45) is 2.39. The minimum atomic E-state index is -0.664. The third-order valence-electron chi connectivity index (χ3n) is 3.31. The van der Waals surface area contributed by atoms with E-state index in [9.17, 15) is 13.6 Å². The second-order valence-electron chi connectivity index (χ2n) is 5.01. The highest BCUT2D eigenvalue weighted by molar-refractivity contribution is 8.00. The summed E-state index contributed by atoms with van der Waals surface area (Å²) >= 11 is 1.03. The van der Waals surface area contributed by atoms with Gasteiger partial charge in [0.25, 0.3) is 0 Å². The van der Waals surface area contributed by atoms with Crippen molar-refractivity contribution < 1.29 is 13.6 Å².